The maximum absolute atomic E-state index is 11.6. The molecule has 17 heavy (non-hydrogen) atoms. The Hall–Kier alpha value is -1.60. The van der Waals surface area contributed by atoms with Crippen molar-refractivity contribution >= 4 is 26.9 Å². The summed E-state index contributed by atoms with van der Waals surface area (Å²) in [6, 6.07) is 7.43. The SMILES string of the molecule is CCNS(=O)(=O)Nc1nn(C)c2ccccc12. The number of hydrogen-bond donors (Lipinski definition) is 2. The molecule has 1 aromatic heterocycles. The van der Waals surface area contributed by atoms with Crippen LogP contribution >= 0.6 is 0 Å². The highest BCUT2D eigenvalue weighted by Gasteiger charge is 2.14. The standard InChI is InChI=1S/C10H14N4O2S/c1-3-11-17(15,16)13-10-8-6-4-5-7-9(8)14(2)12-10/h4-7,11H,3H2,1-2H3,(H,12,13). The molecule has 0 unspecified atom stereocenters. The van der Waals surface area contributed by atoms with Gasteiger partial charge in [-0.3, -0.25) is 9.40 Å². The number of para-hydroxylation sites is 1. The van der Waals surface area contributed by atoms with Gasteiger partial charge in [0.05, 0.1) is 5.52 Å². The zero-order valence-corrected chi connectivity index (χ0v) is 10.5. The van der Waals surface area contributed by atoms with Crippen LogP contribution in [0.25, 0.3) is 10.9 Å². The second-order valence-electron chi connectivity index (χ2n) is 3.59. The third kappa shape index (κ3) is 2.40. The molecular weight excluding hydrogens is 240 g/mol. The lowest BCUT2D eigenvalue weighted by molar-refractivity contribution is 0.589. The smallest absolute Gasteiger partial charge is 0.266 e. The summed E-state index contributed by atoms with van der Waals surface area (Å²) >= 11 is 0. The third-order valence-corrected chi connectivity index (χ3v) is 3.45. The first-order valence-electron chi connectivity index (χ1n) is 5.22. The maximum Gasteiger partial charge on any atom is 0.300 e. The second-order valence-corrected chi connectivity index (χ2v) is 5.09. The predicted molar refractivity (Wildman–Crippen MR) is 66.9 cm³/mol. The second kappa shape index (κ2) is 4.34. The van der Waals surface area contributed by atoms with Crippen molar-refractivity contribution in [3.8, 4) is 0 Å². The number of aryl methyl sites for hydroxylation is 1. The Balaban J connectivity index is 2.44. The van der Waals surface area contributed by atoms with E-state index in [-0.39, 0.29) is 0 Å². The van der Waals surface area contributed by atoms with Gasteiger partial charge in [-0.05, 0) is 12.1 Å². The Morgan fingerprint density at radius 3 is 2.76 bits per heavy atom. The summed E-state index contributed by atoms with van der Waals surface area (Å²) in [7, 11) is -1.77. The van der Waals surface area contributed by atoms with Crippen LogP contribution in [0.5, 0.6) is 0 Å². The highest BCUT2D eigenvalue weighted by molar-refractivity contribution is 7.90. The molecule has 92 valence electrons. The van der Waals surface area contributed by atoms with E-state index in [9.17, 15) is 8.42 Å². The molecule has 0 bridgehead atoms. The molecule has 2 rings (SSSR count). The monoisotopic (exact) mass is 254 g/mol. The normalized spacial score (nSPS) is 11.9. The average Bonchev–Trinajstić information content (AvgIpc) is 2.56. The van der Waals surface area contributed by atoms with Gasteiger partial charge in [0.15, 0.2) is 5.82 Å². The summed E-state index contributed by atoms with van der Waals surface area (Å²) in [5.41, 5.74) is 0.877. The molecule has 0 fully saturated rings. The molecule has 7 heteroatoms. The first-order chi connectivity index (χ1) is 8.03. The molecule has 2 aromatic rings. The van der Waals surface area contributed by atoms with Crippen LogP contribution in [-0.2, 0) is 17.3 Å². The zero-order valence-electron chi connectivity index (χ0n) is 9.64. The molecule has 0 radical (unpaired) electrons. The molecular formula is C10H14N4O2S. The van der Waals surface area contributed by atoms with Gasteiger partial charge in [0.25, 0.3) is 10.2 Å². The first kappa shape index (κ1) is 11.9. The summed E-state index contributed by atoms with van der Waals surface area (Å²) in [5, 5.41) is 4.92. The first-order valence-corrected chi connectivity index (χ1v) is 6.71. The van der Waals surface area contributed by atoms with E-state index in [2.05, 4.69) is 14.5 Å². The van der Waals surface area contributed by atoms with Crippen LogP contribution in [0.15, 0.2) is 24.3 Å². The van der Waals surface area contributed by atoms with Gasteiger partial charge in [0.1, 0.15) is 0 Å². The number of rotatable bonds is 4. The summed E-state index contributed by atoms with van der Waals surface area (Å²) in [4.78, 5) is 0. The number of fused-ring (bicyclic) bond motifs is 1. The Bertz CT molecular complexity index is 633. The summed E-state index contributed by atoms with van der Waals surface area (Å²) in [5.74, 6) is 0.337. The minimum absolute atomic E-state index is 0.333. The lowest BCUT2D eigenvalue weighted by Gasteiger charge is -2.04. The van der Waals surface area contributed by atoms with Crippen LogP contribution in [0, 0.1) is 0 Å². The Labute approximate surface area is 99.8 Å². The maximum atomic E-state index is 11.6. The molecule has 6 nitrogen and oxygen atoms in total. The Morgan fingerprint density at radius 1 is 1.35 bits per heavy atom. The van der Waals surface area contributed by atoms with Crippen molar-refractivity contribution in [1.82, 2.24) is 14.5 Å². The largest absolute Gasteiger partial charge is 0.300 e. The lowest BCUT2D eigenvalue weighted by Crippen LogP contribution is -2.30. The Morgan fingerprint density at radius 2 is 2.06 bits per heavy atom. The van der Waals surface area contributed by atoms with Crippen molar-refractivity contribution in [1.29, 1.82) is 0 Å². The Kier molecular flexibility index (Phi) is 3.03. The van der Waals surface area contributed by atoms with E-state index in [1.54, 1.807) is 18.7 Å². The van der Waals surface area contributed by atoms with Gasteiger partial charge in [-0.25, -0.2) is 0 Å². The van der Waals surface area contributed by atoms with E-state index in [4.69, 9.17) is 0 Å². The third-order valence-electron chi connectivity index (χ3n) is 2.32. The zero-order chi connectivity index (χ0) is 12.5. The molecule has 2 N–H and O–H groups in total. The van der Waals surface area contributed by atoms with Crippen LogP contribution in [0.2, 0.25) is 0 Å². The number of benzene rings is 1. The topological polar surface area (TPSA) is 76.0 Å². The number of hydrogen-bond acceptors (Lipinski definition) is 3. The predicted octanol–water partition coefficient (Wildman–Crippen LogP) is 0.839. The van der Waals surface area contributed by atoms with Gasteiger partial charge in [-0.2, -0.15) is 18.2 Å². The van der Waals surface area contributed by atoms with Gasteiger partial charge >= 0.3 is 0 Å². The van der Waals surface area contributed by atoms with Crippen molar-refractivity contribution < 1.29 is 8.42 Å². The minimum Gasteiger partial charge on any atom is -0.266 e. The molecule has 0 saturated heterocycles. The molecule has 0 amide bonds. The van der Waals surface area contributed by atoms with Crippen LogP contribution in [0.4, 0.5) is 5.82 Å². The molecule has 0 aliphatic rings. The molecule has 1 aromatic carbocycles. The van der Waals surface area contributed by atoms with E-state index < -0.39 is 10.2 Å². The fourth-order valence-corrected chi connectivity index (χ4v) is 2.50. The van der Waals surface area contributed by atoms with Gasteiger partial charge in [-0.15, -0.1) is 0 Å². The fraction of sp³-hybridized carbons (Fsp3) is 0.300. The van der Waals surface area contributed by atoms with Crippen LogP contribution < -0.4 is 9.44 Å². The fourth-order valence-electron chi connectivity index (χ4n) is 1.64. The number of nitrogens with zero attached hydrogens (tertiary/aromatic N) is 2. The summed E-state index contributed by atoms with van der Waals surface area (Å²) in [6.45, 7) is 2.05. The number of anilines is 1. The molecule has 0 spiro atoms. The molecule has 0 saturated carbocycles. The molecule has 0 aliphatic heterocycles. The van der Waals surface area contributed by atoms with Crippen LogP contribution in [0.1, 0.15) is 6.92 Å². The van der Waals surface area contributed by atoms with Crippen molar-refractivity contribution in [2.45, 2.75) is 6.92 Å². The number of nitrogens with one attached hydrogen (secondary N) is 2. The van der Waals surface area contributed by atoms with Gasteiger partial charge in [0.2, 0.25) is 0 Å². The lowest BCUT2D eigenvalue weighted by atomic mass is 10.2. The van der Waals surface area contributed by atoms with Gasteiger partial charge in [-0.1, -0.05) is 19.1 Å². The van der Waals surface area contributed by atoms with Gasteiger partial charge < -0.3 is 0 Å². The van der Waals surface area contributed by atoms with Gasteiger partial charge in [0, 0.05) is 19.0 Å². The molecule has 0 aliphatic carbocycles. The van der Waals surface area contributed by atoms with Crippen molar-refractivity contribution in [2.75, 3.05) is 11.3 Å². The summed E-state index contributed by atoms with van der Waals surface area (Å²) in [6.07, 6.45) is 0. The quantitative estimate of drug-likeness (QED) is 0.849. The minimum atomic E-state index is -3.54. The van der Waals surface area contributed by atoms with E-state index in [1.165, 1.54) is 0 Å². The van der Waals surface area contributed by atoms with E-state index in [0.29, 0.717) is 12.4 Å². The van der Waals surface area contributed by atoms with Crippen LogP contribution in [-0.4, -0.2) is 24.7 Å². The molecule has 0 atom stereocenters. The highest BCUT2D eigenvalue weighted by Crippen LogP contribution is 2.22. The van der Waals surface area contributed by atoms with Crippen LogP contribution in [0.3, 0.4) is 0 Å². The number of aromatic nitrogens is 2. The van der Waals surface area contributed by atoms with E-state index >= 15 is 0 Å². The average molecular weight is 254 g/mol. The summed E-state index contributed by atoms with van der Waals surface area (Å²) < 4.78 is 29.6. The van der Waals surface area contributed by atoms with Crippen molar-refractivity contribution in [3.05, 3.63) is 24.3 Å². The van der Waals surface area contributed by atoms with Crippen molar-refractivity contribution in [3.63, 3.8) is 0 Å². The van der Waals surface area contributed by atoms with E-state index in [0.717, 1.165) is 10.9 Å². The van der Waals surface area contributed by atoms with Crippen molar-refractivity contribution in [2.24, 2.45) is 7.05 Å². The molecule has 1 heterocycles. The van der Waals surface area contributed by atoms with E-state index in [1.807, 2.05) is 24.3 Å². The highest BCUT2D eigenvalue weighted by atomic mass is 32.2.